The number of amides is 1. The van der Waals surface area contributed by atoms with Crippen molar-refractivity contribution < 1.29 is 9.53 Å². The summed E-state index contributed by atoms with van der Waals surface area (Å²) in [7, 11) is 0. The predicted octanol–water partition coefficient (Wildman–Crippen LogP) is 5.16. The Morgan fingerprint density at radius 1 is 1.16 bits per heavy atom. The SMILES string of the molecule is CC(C)COc1ccccc1C(=O)NC(=S)Nc1cccc(Cl)c1Cl. The first kappa shape index (κ1) is 19.5. The van der Waals surface area contributed by atoms with Crippen molar-refractivity contribution in [3.63, 3.8) is 0 Å². The highest BCUT2D eigenvalue weighted by Gasteiger charge is 2.15. The number of benzene rings is 2. The van der Waals surface area contributed by atoms with Crippen LogP contribution in [0.3, 0.4) is 0 Å². The number of nitrogens with one attached hydrogen (secondary N) is 2. The van der Waals surface area contributed by atoms with Crippen LogP contribution in [0.15, 0.2) is 42.5 Å². The Kier molecular flexibility index (Phi) is 7.05. The summed E-state index contributed by atoms with van der Waals surface area (Å²) in [6, 6.07) is 12.1. The maximum absolute atomic E-state index is 12.5. The molecule has 0 atom stereocenters. The van der Waals surface area contributed by atoms with E-state index in [-0.39, 0.29) is 11.0 Å². The molecule has 0 aliphatic heterocycles. The molecule has 0 spiro atoms. The third-order valence-electron chi connectivity index (χ3n) is 3.13. The summed E-state index contributed by atoms with van der Waals surface area (Å²) >= 11 is 17.2. The van der Waals surface area contributed by atoms with Gasteiger partial charge >= 0.3 is 0 Å². The van der Waals surface area contributed by atoms with Crippen molar-refractivity contribution in [2.45, 2.75) is 13.8 Å². The Morgan fingerprint density at radius 2 is 1.88 bits per heavy atom. The molecular weight excluding hydrogens is 379 g/mol. The van der Waals surface area contributed by atoms with Crippen LogP contribution in [0.2, 0.25) is 10.0 Å². The van der Waals surface area contributed by atoms with Crippen LogP contribution >= 0.6 is 35.4 Å². The Balaban J connectivity index is 2.06. The molecule has 7 heteroatoms. The van der Waals surface area contributed by atoms with Crippen LogP contribution in [-0.2, 0) is 0 Å². The Morgan fingerprint density at radius 3 is 2.60 bits per heavy atom. The lowest BCUT2D eigenvalue weighted by atomic mass is 10.2. The van der Waals surface area contributed by atoms with E-state index in [4.69, 9.17) is 40.2 Å². The number of carbonyl (C=O) groups is 1. The average Bonchev–Trinajstić information content (AvgIpc) is 2.57. The molecule has 4 nitrogen and oxygen atoms in total. The van der Waals surface area contributed by atoms with Gasteiger partial charge in [-0.15, -0.1) is 0 Å². The minimum atomic E-state index is -0.366. The molecule has 2 rings (SSSR count). The van der Waals surface area contributed by atoms with Crippen molar-refractivity contribution in [3.05, 3.63) is 58.1 Å². The topological polar surface area (TPSA) is 50.4 Å². The van der Waals surface area contributed by atoms with Crippen molar-refractivity contribution in [1.29, 1.82) is 0 Å². The molecule has 0 bridgehead atoms. The van der Waals surface area contributed by atoms with Crippen molar-refractivity contribution in [2.24, 2.45) is 5.92 Å². The minimum Gasteiger partial charge on any atom is -0.492 e. The molecule has 0 aliphatic rings. The lowest BCUT2D eigenvalue weighted by Crippen LogP contribution is -2.34. The molecule has 0 radical (unpaired) electrons. The third-order valence-corrected chi connectivity index (χ3v) is 4.15. The zero-order chi connectivity index (χ0) is 18.4. The number of halogens is 2. The van der Waals surface area contributed by atoms with Crippen LogP contribution in [0.4, 0.5) is 5.69 Å². The van der Waals surface area contributed by atoms with Crippen LogP contribution in [0, 0.1) is 5.92 Å². The zero-order valence-electron chi connectivity index (χ0n) is 13.8. The van der Waals surface area contributed by atoms with Gasteiger partial charge < -0.3 is 10.1 Å². The van der Waals surface area contributed by atoms with E-state index in [0.29, 0.717) is 39.6 Å². The summed E-state index contributed by atoms with van der Waals surface area (Å²) in [6.07, 6.45) is 0. The second-order valence-electron chi connectivity index (χ2n) is 5.71. The lowest BCUT2D eigenvalue weighted by Gasteiger charge is -2.14. The Bertz CT molecular complexity index is 781. The van der Waals surface area contributed by atoms with E-state index in [1.165, 1.54) is 0 Å². The first-order valence-electron chi connectivity index (χ1n) is 7.66. The fraction of sp³-hybridized carbons (Fsp3) is 0.222. The van der Waals surface area contributed by atoms with Crippen LogP contribution in [0.5, 0.6) is 5.75 Å². The summed E-state index contributed by atoms with van der Waals surface area (Å²) in [5, 5.41) is 6.33. The number of thiocarbonyl (C=S) groups is 1. The fourth-order valence-corrected chi connectivity index (χ4v) is 2.51. The van der Waals surface area contributed by atoms with Crippen LogP contribution in [0.25, 0.3) is 0 Å². The van der Waals surface area contributed by atoms with Gasteiger partial charge in [0.2, 0.25) is 0 Å². The van der Waals surface area contributed by atoms with Crippen LogP contribution in [-0.4, -0.2) is 17.6 Å². The van der Waals surface area contributed by atoms with Gasteiger partial charge in [0.25, 0.3) is 5.91 Å². The third kappa shape index (κ3) is 5.59. The summed E-state index contributed by atoms with van der Waals surface area (Å²) in [4.78, 5) is 12.5. The first-order valence-corrected chi connectivity index (χ1v) is 8.83. The average molecular weight is 397 g/mol. The molecule has 0 saturated heterocycles. The van der Waals surface area contributed by atoms with Gasteiger partial charge in [0.05, 0.1) is 27.9 Å². The van der Waals surface area contributed by atoms with Crippen LogP contribution < -0.4 is 15.4 Å². The first-order chi connectivity index (χ1) is 11.9. The molecular formula is C18H18Cl2N2O2S. The Labute approximate surface area is 162 Å². The quantitative estimate of drug-likeness (QED) is 0.685. The number of hydrogen-bond acceptors (Lipinski definition) is 3. The Hall–Kier alpha value is -1.82. The maximum atomic E-state index is 12.5. The van der Waals surface area contributed by atoms with Crippen molar-refractivity contribution in [2.75, 3.05) is 11.9 Å². The molecule has 0 saturated carbocycles. The molecule has 2 N–H and O–H groups in total. The van der Waals surface area contributed by atoms with Gasteiger partial charge in [-0.05, 0) is 42.4 Å². The lowest BCUT2D eigenvalue weighted by molar-refractivity contribution is 0.0973. The van der Waals surface area contributed by atoms with E-state index in [0.717, 1.165) is 0 Å². The molecule has 0 aromatic heterocycles. The highest BCUT2D eigenvalue weighted by atomic mass is 35.5. The largest absolute Gasteiger partial charge is 0.492 e. The monoisotopic (exact) mass is 396 g/mol. The predicted molar refractivity (Wildman–Crippen MR) is 107 cm³/mol. The van der Waals surface area contributed by atoms with E-state index in [9.17, 15) is 4.79 Å². The summed E-state index contributed by atoms with van der Waals surface area (Å²) in [5.74, 6) is 0.496. The standard InChI is InChI=1S/C18H18Cl2N2O2S/c1-11(2)10-24-15-9-4-3-6-12(15)17(23)22-18(25)21-14-8-5-7-13(19)16(14)20/h3-9,11H,10H2,1-2H3,(H2,21,22,23,25). The second kappa shape index (κ2) is 9.04. The van der Waals surface area contributed by atoms with Gasteiger partial charge in [0.15, 0.2) is 5.11 Å². The van der Waals surface area contributed by atoms with E-state index < -0.39 is 0 Å². The number of para-hydroxylation sites is 1. The summed E-state index contributed by atoms with van der Waals surface area (Å²) in [6.45, 7) is 4.60. The van der Waals surface area contributed by atoms with Crippen molar-refractivity contribution >= 4 is 52.1 Å². The van der Waals surface area contributed by atoms with E-state index in [1.54, 1.807) is 36.4 Å². The minimum absolute atomic E-state index is 0.118. The molecule has 1 amide bonds. The molecule has 2 aromatic carbocycles. The summed E-state index contributed by atoms with van der Waals surface area (Å²) < 4.78 is 5.69. The molecule has 0 aliphatic carbocycles. The van der Waals surface area contributed by atoms with Gasteiger partial charge in [-0.1, -0.05) is 55.2 Å². The van der Waals surface area contributed by atoms with Gasteiger partial charge in [-0.3, -0.25) is 10.1 Å². The maximum Gasteiger partial charge on any atom is 0.261 e. The number of anilines is 1. The molecule has 25 heavy (non-hydrogen) atoms. The summed E-state index contributed by atoms with van der Waals surface area (Å²) in [5.41, 5.74) is 0.924. The molecule has 2 aromatic rings. The van der Waals surface area contributed by atoms with E-state index in [2.05, 4.69) is 10.6 Å². The van der Waals surface area contributed by atoms with Gasteiger partial charge in [0, 0.05) is 0 Å². The smallest absolute Gasteiger partial charge is 0.261 e. The molecule has 132 valence electrons. The number of ether oxygens (including phenoxy) is 1. The van der Waals surface area contributed by atoms with Crippen molar-refractivity contribution in [3.8, 4) is 5.75 Å². The molecule has 0 fully saturated rings. The normalized spacial score (nSPS) is 10.4. The second-order valence-corrected chi connectivity index (χ2v) is 6.90. The molecule has 0 unspecified atom stereocenters. The van der Waals surface area contributed by atoms with E-state index in [1.807, 2.05) is 19.9 Å². The molecule has 0 heterocycles. The van der Waals surface area contributed by atoms with Gasteiger partial charge in [-0.25, -0.2) is 0 Å². The van der Waals surface area contributed by atoms with E-state index >= 15 is 0 Å². The van der Waals surface area contributed by atoms with Crippen LogP contribution in [0.1, 0.15) is 24.2 Å². The highest BCUT2D eigenvalue weighted by molar-refractivity contribution is 7.80. The van der Waals surface area contributed by atoms with Gasteiger partial charge in [0.1, 0.15) is 5.75 Å². The number of rotatable bonds is 5. The van der Waals surface area contributed by atoms with Gasteiger partial charge in [-0.2, -0.15) is 0 Å². The fourth-order valence-electron chi connectivity index (χ4n) is 1.96. The number of hydrogen-bond donors (Lipinski definition) is 2. The highest BCUT2D eigenvalue weighted by Crippen LogP contribution is 2.29. The van der Waals surface area contributed by atoms with Crippen molar-refractivity contribution in [1.82, 2.24) is 5.32 Å². The number of carbonyl (C=O) groups excluding carboxylic acids is 1. The zero-order valence-corrected chi connectivity index (χ0v) is 16.1.